The first-order valence-corrected chi connectivity index (χ1v) is 10.7. The summed E-state index contributed by atoms with van der Waals surface area (Å²) in [6, 6.07) is 17.3. The molecule has 0 spiro atoms. The maximum absolute atomic E-state index is 14.3. The molecule has 0 unspecified atom stereocenters. The zero-order valence-electron chi connectivity index (χ0n) is 17.7. The number of halogens is 2. The normalized spacial score (nSPS) is 11.5. The van der Waals surface area contributed by atoms with Crippen LogP contribution in [0.1, 0.15) is 11.1 Å². The molecule has 2 N–H and O–H groups in total. The fourth-order valence-electron chi connectivity index (χ4n) is 2.99. The highest BCUT2D eigenvalue weighted by atomic mass is 32.2. The second-order valence-electron chi connectivity index (χ2n) is 6.97. The summed E-state index contributed by atoms with van der Waals surface area (Å²) in [7, 11) is 1.15. The van der Waals surface area contributed by atoms with Crippen LogP contribution in [0.25, 0.3) is 0 Å². The lowest BCUT2D eigenvalue weighted by Gasteiger charge is -2.28. The van der Waals surface area contributed by atoms with Crippen molar-refractivity contribution in [2.75, 3.05) is 12.8 Å². The monoisotopic (exact) mass is 472 g/mol. The number of ether oxygens (including phenoxy) is 2. The van der Waals surface area contributed by atoms with Crippen molar-refractivity contribution in [2.45, 2.75) is 24.0 Å². The molecule has 3 aromatic rings. The molecule has 172 valence electrons. The first-order valence-electron chi connectivity index (χ1n) is 9.93. The van der Waals surface area contributed by atoms with Crippen LogP contribution in [0.5, 0.6) is 0 Å². The summed E-state index contributed by atoms with van der Waals surface area (Å²) in [6.45, 7) is -0.0524. The number of hydrogen-bond acceptors (Lipinski definition) is 6. The Kier molecular flexibility index (Phi) is 8.26. The summed E-state index contributed by atoms with van der Waals surface area (Å²) >= 11 is 0.856. The van der Waals surface area contributed by atoms with Gasteiger partial charge >= 0.3 is 12.1 Å². The van der Waals surface area contributed by atoms with Crippen LogP contribution in [-0.2, 0) is 27.3 Å². The van der Waals surface area contributed by atoms with Gasteiger partial charge in [-0.05, 0) is 53.4 Å². The molecule has 0 saturated carbocycles. The van der Waals surface area contributed by atoms with Crippen LogP contribution in [0.15, 0.2) is 77.7 Å². The number of rotatable bonds is 8. The zero-order chi connectivity index (χ0) is 23.8. The van der Waals surface area contributed by atoms with Crippen molar-refractivity contribution < 1.29 is 27.8 Å². The number of hydrogen-bond donors (Lipinski definition) is 1. The van der Waals surface area contributed by atoms with Crippen molar-refractivity contribution in [1.29, 1.82) is 0 Å². The van der Waals surface area contributed by atoms with Crippen molar-refractivity contribution in [3.05, 3.63) is 95.6 Å². The number of para-hydroxylation sites is 1. The lowest BCUT2D eigenvalue weighted by Crippen LogP contribution is -2.43. The van der Waals surface area contributed by atoms with E-state index in [0.717, 1.165) is 47.1 Å². The van der Waals surface area contributed by atoms with E-state index in [0.29, 0.717) is 10.6 Å². The molecule has 6 nitrogen and oxygen atoms in total. The summed E-state index contributed by atoms with van der Waals surface area (Å²) in [5.74, 6) is -2.21. The van der Waals surface area contributed by atoms with Gasteiger partial charge in [-0.1, -0.05) is 42.5 Å². The van der Waals surface area contributed by atoms with Gasteiger partial charge in [-0.3, -0.25) is 0 Å². The fraction of sp³-hybridized carbons (Fsp3) is 0.167. The van der Waals surface area contributed by atoms with Gasteiger partial charge in [-0.15, -0.1) is 0 Å². The first-order chi connectivity index (χ1) is 15.9. The quantitative estimate of drug-likeness (QED) is 0.283. The Bertz CT molecular complexity index is 1110. The Labute approximate surface area is 194 Å². The third-order valence-electron chi connectivity index (χ3n) is 4.68. The fourth-order valence-corrected chi connectivity index (χ4v) is 3.93. The topological polar surface area (TPSA) is 81.9 Å². The summed E-state index contributed by atoms with van der Waals surface area (Å²) in [6.07, 6.45) is -1.20. The molecule has 3 rings (SSSR count). The molecule has 3 aromatic carbocycles. The number of anilines is 1. The average molecular weight is 473 g/mol. The Morgan fingerprint density at radius 3 is 2.42 bits per heavy atom. The zero-order valence-corrected chi connectivity index (χ0v) is 18.6. The molecule has 0 aromatic heterocycles. The van der Waals surface area contributed by atoms with Crippen LogP contribution < -0.4 is 5.73 Å². The molecule has 1 amide bonds. The number of carbonyl (C=O) groups is 2. The van der Waals surface area contributed by atoms with E-state index >= 15 is 0 Å². The molecule has 9 heteroatoms. The highest BCUT2D eigenvalue weighted by Gasteiger charge is 2.34. The van der Waals surface area contributed by atoms with Crippen molar-refractivity contribution in [2.24, 2.45) is 0 Å². The molecule has 0 aliphatic heterocycles. The van der Waals surface area contributed by atoms with Crippen molar-refractivity contribution in [3.8, 4) is 0 Å². The van der Waals surface area contributed by atoms with Gasteiger partial charge in [0.15, 0.2) is 0 Å². The van der Waals surface area contributed by atoms with Crippen molar-refractivity contribution in [1.82, 2.24) is 4.31 Å². The lowest BCUT2D eigenvalue weighted by atomic mass is 10.1. The highest BCUT2D eigenvalue weighted by molar-refractivity contribution is 7.97. The van der Waals surface area contributed by atoms with Crippen LogP contribution in [-0.4, -0.2) is 29.5 Å². The molecule has 0 saturated heterocycles. The predicted molar refractivity (Wildman–Crippen MR) is 121 cm³/mol. The van der Waals surface area contributed by atoms with E-state index in [2.05, 4.69) is 0 Å². The number of amides is 1. The second kappa shape index (κ2) is 11.3. The number of methoxy groups -OCH3 is 1. The van der Waals surface area contributed by atoms with E-state index in [1.807, 2.05) is 6.07 Å². The molecule has 0 bridgehead atoms. The Morgan fingerprint density at radius 2 is 1.73 bits per heavy atom. The number of benzene rings is 3. The first kappa shape index (κ1) is 24.1. The highest BCUT2D eigenvalue weighted by Crippen LogP contribution is 2.32. The van der Waals surface area contributed by atoms with Gasteiger partial charge in [0.2, 0.25) is 0 Å². The van der Waals surface area contributed by atoms with Gasteiger partial charge in [-0.2, -0.15) is 0 Å². The Balaban J connectivity index is 1.93. The van der Waals surface area contributed by atoms with Gasteiger partial charge in [0.25, 0.3) is 0 Å². The largest absolute Gasteiger partial charge is 0.467 e. The maximum Gasteiger partial charge on any atom is 0.421 e. The van der Waals surface area contributed by atoms with E-state index in [4.69, 9.17) is 15.2 Å². The number of nitrogens with two attached hydrogens (primary N) is 1. The third kappa shape index (κ3) is 6.45. The van der Waals surface area contributed by atoms with Gasteiger partial charge in [-0.25, -0.2) is 22.7 Å². The van der Waals surface area contributed by atoms with Crippen LogP contribution in [0.2, 0.25) is 0 Å². The number of nitrogen functional groups attached to an aromatic ring is 1. The SMILES string of the molecule is COC(=O)[C@H](Cc1cc(F)ccc1F)N(Sc1ccccc1N)C(=O)OCc1ccccc1. The molecular weight excluding hydrogens is 450 g/mol. The summed E-state index contributed by atoms with van der Waals surface area (Å²) in [4.78, 5) is 26.3. The van der Waals surface area contributed by atoms with Crippen molar-refractivity contribution in [3.63, 3.8) is 0 Å². The minimum atomic E-state index is -1.32. The summed E-state index contributed by atoms with van der Waals surface area (Å²) in [5.41, 5.74) is 7.03. The van der Waals surface area contributed by atoms with Gasteiger partial charge in [0.05, 0.1) is 12.0 Å². The van der Waals surface area contributed by atoms with E-state index in [1.54, 1.807) is 48.5 Å². The van der Waals surface area contributed by atoms with Crippen LogP contribution >= 0.6 is 11.9 Å². The molecule has 1 atom stereocenters. The average Bonchev–Trinajstić information content (AvgIpc) is 2.83. The minimum absolute atomic E-state index is 0.0524. The van der Waals surface area contributed by atoms with Gasteiger partial charge in [0, 0.05) is 12.1 Å². The molecule has 0 aliphatic rings. The van der Waals surface area contributed by atoms with E-state index in [-0.39, 0.29) is 18.6 Å². The lowest BCUT2D eigenvalue weighted by molar-refractivity contribution is -0.144. The second-order valence-corrected chi connectivity index (χ2v) is 7.99. The van der Waals surface area contributed by atoms with Gasteiger partial charge in [0.1, 0.15) is 24.3 Å². The molecular formula is C24H22F2N2O4S. The number of carbonyl (C=O) groups excluding carboxylic acids is 2. The van der Waals surface area contributed by atoms with Crippen LogP contribution in [0, 0.1) is 11.6 Å². The van der Waals surface area contributed by atoms with E-state index in [1.165, 1.54) is 0 Å². The predicted octanol–water partition coefficient (Wildman–Crippen LogP) is 4.98. The number of nitrogens with zero attached hydrogens (tertiary/aromatic N) is 1. The van der Waals surface area contributed by atoms with Gasteiger partial charge < -0.3 is 15.2 Å². The molecule has 33 heavy (non-hydrogen) atoms. The third-order valence-corrected chi connectivity index (χ3v) is 5.85. The van der Waals surface area contributed by atoms with Crippen LogP contribution in [0.4, 0.5) is 19.3 Å². The summed E-state index contributed by atoms with van der Waals surface area (Å²) in [5, 5.41) is 0. The summed E-state index contributed by atoms with van der Waals surface area (Å²) < 4.78 is 39.4. The standard InChI is InChI=1S/C24H22F2N2O4S/c1-31-23(29)21(14-17-13-18(25)11-12-19(17)26)28(33-22-10-6-5-9-20(22)27)24(30)32-15-16-7-3-2-4-8-16/h2-13,21H,14-15,27H2,1H3/t21-/m0/s1. The van der Waals surface area contributed by atoms with Crippen molar-refractivity contribution >= 4 is 29.7 Å². The van der Waals surface area contributed by atoms with E-state index < -0.39 is 29.7 Å². The molecule has 0 radical (unpaired) electrons. The van der Waals surface area contributed by atoms with Crippen LogP contribution in [0.3, 0.4) is 0 Å². The molecule has 0 aliphatic carbocycles. The Morgan fingerprint density at radius 1 is 1.03 bits per heavy atom. The molecule has 0 heterocycles. The Hall–Kier alpha value is -3.59. The molecule has 0 fully saturated rings. The minimum Gasteiger partial charge on any atom is -0.467 e. The van der Waals surface area contributed by atoms with E-state index in [9.17, 15) is 18.4 Å². The maximum atomic E-state index is 14.3. The smallest absolute Gasteiger partial charge is 0.421 e. The number of esters is 1.